The zero-order valence-corrected chi connectivity index (χ0v) is 29.7. The van der Waals surface area contributed by atoms with E-state index in [-0.39, 0.29) is 33.1 Å². The van der Waals surface area contributed by atoms with Gasteiger partial charge in [0.05, 0.1) is 0 Å². The molecule has 0 unspecified atom stereocenters. The number of hydrogen-bond donors (Lipinski definition) is 0. The largest absolute Gasteiger partial charge is 0.208 e. The first-order valence-electron chi connectivity index (χ1n) is 17.9. The maximum absolute atomic E-state index is 6.61. The van der Waals surface area contributed by atoms with Crippen molar-refractivity contribution >= 4 is 88.1 Å². The molecule has 1 heterocycles. The Kier molecular flexibility index (Phi) is 8.83. The maximum Gasteiger partial charge on any atom is 0.164 e. The van der Waals surface area contributed by atoms with E-state index in [1.54, 1.807) is 0 Å². The fourth-order valence-electron chi connectivity index (χ4n) is 7.45. The second-order valence-electron chi connectivity index (χ2n) is 13.5. The van der Waals surface area contributed by atoms with Crippen molar-refractivity contribution in [3.63, 3.8) is 0 Å². The quantitative estimate of drug-likeness (QED) is 0.197. The van der Waals surface area contributed by atoms with Crippen LogP contribution in [0.15, 0.2) is 158 Å². The van der Waals surface area contributed by atoms with Crippen molar-refractivity contribution in [3.05, 3.63) is 158 Å². The van der Waals surface area contributed by atoms with Crippen molar-refractivity contribution in [2.24, 2.45) is 0 Å². The van der Waals surface area contributed by atoms with E-state index in [4.69, 9.17) is 54.2 Å². The molecule has 10 radical (unpaired) electrons. The van der Waals surface area contributed by atoms with Gasteiger partial charge in [-0.1, -0.05) is 163 Å². The number of hydrogen-bond acceptors (Lipinski definition) is 3. The highest BCUT2D eigenvalue weighted by Gasteiger charge is 2.20. The highest BCUT2D eigenvalue weighted by molar-refractivity contribution is 6.68. The number of benzene rings is 8. The summed E-state index contributed by atoms with van der Waals surface area (Å²) in [4.78, 5) is 15.2. The summed E-state index contributed by atoms with van der Waals surface area (Å²) in [6, 6.07) is 54.1. The van der Waals surface area contributed by atoms with E-state index < -0.39 is 0 Å². The molecule has 0 N–H and O–H groups in total. The minimum Gasteiger partial charge on any atom is -0.208 e. The van der Waals surface area contributed by atoms with Gasteiger partial charge in [0, 0.05) is 16.7 Å². The lowest BCUT2D eigenvalue weighted by Gasteiger charge is -2.21. The average molecular weight is 687 g/mol. The summed E-state index contributed by atoms with van der Waals surface area (Å²) in [7, 11) is 32.1. The lowest BCUT2D eigenvalue weighted by molar-refractivity contribution is 1.08. The van der Waals surface area contributed by atoms with E-state index in [0.29, 0.717) is 17.2 Å². The molecule has 244 valence electrons. The van der Waals surface area contributed by atoms with Crippen LogP contribution in [-0.4, -0.2) is 54.2 Å². The number of rotatable bonds is 6. The molecule has 9 rings (SSSR count). The third-order valence-electron chi connectivity index (χ3n) is 10.2. The van der Waals surface area contributed by atoms with Gasteiger partial charge >= 0.3 is 0 Å². The number of nitrogens with zero attached hydrogens (tertiary/aromatic N) is 3. The summed E-state index contributed by atoms with van der Waals surface area (Å²) in [5, 5.41) is 4.53. The Morgan fingerprint density at radius 1 is 0.291 bits per heavy atom. The summed E-state index contributed by atoms with van der Waals surface area (Å²) < 4.78 is 0. The monoisotopic (exact) mass is 687 g/mol. The van der Waals surface area contributed by atoms with Crippen molar-refractivity contribution in [2.45, 2.75) is 0 Å². The van der Waals surface area contributed by atoms with Crippen LogP contribution in [0.25, 0.3) is 89.1 Å². The van der Waals surface area contributed by atoms with Gasteiger partial charge in [-0.05, 0) is 61.0 Å². The third-order valence-corrected chi connectivity index (χ3v) is 10.2. The Hall–Kier alpha value is -6.39. The molecule has 9 aromatic rings. The fraction of sp³-hybridized carbons (Fsp3) is 0. The maximum atomic E-state index is 6.61. The van der Waals surface area contributed by atoms with Crippen LogP contribution in [-0.2, 0) is 0 Å². The molecular weight excluding hydrogens is 661 g/mol. The summed E-state index contributed by atoms with van der Waals surface area (Å²) in [5.74, 6) is 1.08. The molecule has 0 aliphatic rings. The number of fused-ring (bicyclic) bond motifs is 2. The highest BCUT2D eigenvalue weighted by Crippen LogP contribution is 2.38. The SMILES string of the molecule is [B]c1c([B])c([B])c(-c2nc(-c3cccc(-c4ccc(-c5ccccc5)c5ccccc45)c3)nc(-c3ccccc3-c3cccc4ccccc34)n2)c([B])c1[B]. The Morgan fingerprint density at radius 3 is 1.49 bits per heavy atom. The van der Waals surface area contributed by atoms with Crippen LogP contribution >= 0.6 is 0 Å². The second-order valence-corrected chi connectivity index (χ2v) is 13.5. The summed E-state index contributed by atoms with van der Waals surface area (Å²) in [6.07, 6.45) is 0. The lowest BCUT2D eigenvalue weighted by Crippen LogP contribution is -2.55. The lowest BCUT2D eigenvalue weighted by atomic mass is 9.60. The fourth-order valence-corrected chi connectivity index (χ4v) is 7.45. The van der Waals surface area contributed by atoms with Gasteiger partial charge in [0.2, 0.25) is 0 Å². The molecule has 0 atom stereocenters. The topological polar surface area (TPSA) is 38.7 Å². The molecule has 1 aromatic heterocycles. The molecule has 3 nitrogen and oxygen atoms in total. The van der Waals surface area contributed by atoms with Gasteiger partial charge in [-0.15, -0.1) is 16.4 Å². The zero-order chi connectivity index (χ0) is 37.6. The zero-order valence-electron chi connectivity index (χ0n) is 29.7. The normalized spacial score (nSPS) is 11.3. The molecule has 0 aliphatic heterocycles. The van der Waals surface area contributed by atoms with Gasteiger partial charge in [-0.2, -0.15) is 0 Å². The molecule has 0 amide bonds. The predicted molar refractivity (Wildman–Crippen MR) is 234 cm³/mol. The molecule has 8 aromatic carbocycles. The predicted octanol–water partition coefficient (Wildman–Crippen LogP) is 6.15. The Labute approximate surface area is 327 Å². The van der Waals surface area contributed by atoms with Crippen LogP contribution < -0.4 is 27.3 Å². The molecular formula is C47H26B5N3. The van der Waals surface area contributed by atoms with Crippen LogP contribution in [0.3, 0.4) is 0 Å². The summed E-state index contributed by atoms with van der Waals surface area (Å²) in [6.45, 7) is 0. The Bertz CT molecular complexity index is 2910. The van der Waals surface area contributed by atoms with Crippen molar-refractivity contribution in [2.75, 3.05) is 0 Å². The van der Waals surface area contributed by atoms with E-state index >= 15 is 0 Å². The van der Waals surface area contributed by atoms with Crippen LogP contribution in [0.2, 0.25) is 0 Å². The molecule has 0 saturated heterocycles. The standard InChI is InChI=1S/C47H26B5N3/c48-40-39(41(49)43(51)44(52)42(40)50)47-54-45(53-46(55-47)38-22-9-8-21-37(38)36-23-11-15-28-14-4-5-18-31(28)36)30-17-10-16-29(26-30)33-25-24-32(27-12-2-1-3-13-27)34-19-6-7-20-35(33)34/h1-26H. The Morgan fingerprint density at radius 2 is 0.764 bits per heavy atom. The molecule has 0 saturated carbocycles. The first-order chi connectivity index (χ1) is 26.9. The van der Waals surface area contributed by atoms with Gasteiger partial charge in [0.1, 0.15) is 39.2 Å². The van der Waals surface area contributed by atoms with Gasteiger partial charge < -0.3 is 0 Å². The first-order valence-corrected chi connectivity index (χ1v) is 17.9. The van der Waals surface area contributed by atoms with Gasteiger partial charge in [-0.3, -0.25) is 0 Å². The molecule has 0 fully saturated rings. The molecule has 0 spiro atoms. The summed E-state index contributed by atoms with van der Waals surface area (Å²) >= 11 is 0. The van der Waals surface area contributed by atoms with E-state index in [1.807, 2.05) is 48.5 Å². The molecule has 0 aliphatic carbocycles. The van der Waals surface area contributed by atoms with Gasteiger partial charge in [0.15, 0.2) is 17.5 Å². The van der Waals surface area contributed by atoms with Crippen molar-refractivity contribution in [3.8, 4) is 67.5 Å². The smallest absolute Gasteiger partial charge is 0.164 e. The third kappa shape index (κ3) is 6.08. The van der Waals surface area contributed by atoms with E-state index in [1.165, 1.54) is 5.56 Å². The highest BCUT2D eigenvalue weighted by atomic mass is 15.0. The van der Waals surface area contributed by atoms with Crippen LogP contribution in [0.1, 0.15) is 0 Å². The van der Waals surface area contributed by atoms with Crippen LogP contribution in [0.5, 0.6) is 0 Å². The van der Waals surface area contributed by atoms with E-state index in [2.05, 4.69) is 109 Å². The second kappa shape index (κ2) is 14.1. The first kappa shape index (κ1) is 34.4. The summed E-state index contributed by atoms with van der Waals surface area (Å²) in [5.41, 5.74) is 8.95. The molecule has 0 bridgehead atoms. The van der Waals surface area contributed by atoms with E-state index in [9.17, 15) is 0 Å². The van der Waals surface area contributed by atoms with Gasteiger partial charge in [0.25, 0.3) is 0 Å². The minimum atomic E-state index is 0.118. The molecule has 8 heteroatoms. The number of aromatic nitrogens is 3. The van der Waals surface area contributed by atoms with Crippen molar-refractivity contribution < 1.29 is 0 Å². The Balaban J connectivity index is 1.26. The molecule has 55 heavy (non-hydrogen) atoms. The van der Waals surface area contributed by atoms with Crippen LogP contribution in [0.4, 0.5) is 0 Å². The van der Waals surface area contributed by atoms with E-state index in [0.717, 1.165) is 60.5 Å². The average Bonchev–Trinajstić information content (AvgIpc) is 3.24. The van der Waals surface area contributed by atoms with Crippen LogP contribution in [0, 0.1) is 0 Å². The van der Waals surface area contributed by atoms with Gasteiger partial charge in [-0.25, -0.2) is 15.0 Å². The van der Waals surface area contributed by atoms with Crippen molar-refractivity contribution in [1.82, 2.24) is 15.0 Å². The minimum absolute atomic E-state index is 0.118. The van der Waals surface area contributed by atoms with Crippen molar-refractivity contribution in [1.29, 1.82) is 0 Å².